The van der Waals surface area contributed by atoms with Gasteiger partial charge in [-0.3, -0.25) is 0 Å². The lowest BCUT2D eigenvalue weighted by Gasteiger charge is -2.05. The summed E-state index contributed by atoms with van der Waals surface area (Å²) in [6.07, 6.45) is 4.50. The largest absolute Gasteiger partial charge is 0.494 e. The topological polar surface area (TPSA) is 45.4 Å². The number of halogens is 1. The van der Waals surface area contributed by atoms with Gasteiger partial charge in [-0.25, -0.2) is 4.39 Å². The lowest BCUT2D eigenvalue weighted by molar-refractivity contribution is 0.318. The molecular formula is C12H13FN2OS2. The Hall–Kier alpha value is -1.19. The van der Waals surface area contributed by atoms with E-state index in [1.54, 1.807) is 18.3 Å². The van der Waals surface area contributed by atoms with Crippen molar-refractivity contribution in [2.24, 2.45) is 4.99 Å². The van der Waals surface area contributed by atoms with Gasteiger partial charge in [0.1, 0.15) is 15.9 Å². The monoisotopic (exact) mass is 284 g/mol. The van der Waals surface area contributed by atoms with Crippen LogP contribution in [0.5, 0.6) is 5.75 Å². The van der Waals surface area contributed by atoms with E-state index in [0.717, 1.165) is 16.5 Å². The normalized spacial score (nSPS) is 11.1. The zero-order chi connectivity index (χ0) is 13.2. The fourth-order valence-corrected chi connectivity index (χ4v) is 2.51. The minimum absolute atomic E-state index is 0.268. The van der Waals surface area contributed by atoms with Crippen LogP contribution in [-0.2, 0) is 0 Å². The molecule has 0 aliphatic rings. The SMILES string of the molecule is CSC(=NC#N)SCCCOc1ccc(F)cc1. The molecule has 1 aromatic rings. The van der Waals surface area contributed by atoms with Gasteiger partial charge < -0.3 is 4.74 Å². The fraction of sp³-hybridized carbons (Fsp3) is 0.333. The van der Waals surface area contributed by atoms with Crippen LogP contribution in [0.4, 0.5) is 4.39 Å². The number of benzene rings is 1. The summed E-state index contributed by atoms with van der Waals surface area (Å²) in [5.41, 5.74) is 0. The van der Waals surface area contributed by atoms with Crippen molar-refractivity contribution in [3.8, 4) is 11.9 Å². The summed E-state index contributed by atoms with van der Waals surface area (Å²) >= 11 is 2.99. The van der Waals surface area contributed by atoms with E-state index in [-0.39, 0.29) is 5.82 Å². The van der Waals surface area contributed by atoms with Crippen LogP contribution >= 0.6 is 23.5 Å². The molecule has 1 rings (SSSR count). The third-order valence-corrected chi connectivity index (χ3v) is 4.04. The first-order chi connectivity index (χ1) is 8.76. The Balaban J connectivity index is 2.17. The van der Waals surface area contributed by atoms with Crippen molar-refractivity contribution in [1.82, 2.24) is 0 Å². The van der Waals surface area contributed by atoms with Crippen molar-refractivity contribution >= 4 is 27.9 Å². The average molecular weight is 284 g/mol. The lowest BCUT2D eigenvalue weighted by atomic mass is 10.3. The molecular weight excluding hydrogens is 271 g/mol. The first-order valence-corrected chi connectivity index (χ1v) is 7.49. The molecule has 0 N–H and O–H groups in total. The summed E-state index contributed by atoms with van der Waals surface area (Å²) in [7, 11) is 0. The van der Waals surface area contributed by atoms with Gasteiger partial charge in [0, 0.05) is 5.75 Å². The molecule has 0 unspecified atom stereocenters. The molecule has 1 aromatic carbocycles. The second kappa shape index (κ2) is 8.84. The number of ether oxygens (including phenoxy) is 1. The van der Waals surface area contributed by atoms with Gasteiger partial charge in [-0.05, 0) is 36.9 Å². The molecule has 0 atom stereocenters. The van der Waals surface area contributed by atoms with Crippen LogP contribution in [0.15, 0.2) is 29.3 Å². The Kier molecular flexibility index (Phi) is 7.30. The van der Waals surface area contributed by atoms with Gasteiger partial charge in [0.2, 0.25) is 6.19 Å². The quantitative estimate of drug-likeness (QED) is 0.359. The molecule has 0 radical (unpaired) electrons. The molecule has 0 heterocycles. The Bertz CT molecular complexity index is 429. The smallest absolute Gasteiger partial charge is 0.207 e. The standard InChI is InChI=1S/C12H13FN2OS2/c1-17-12(15-9-14)18-8-2-7-16-11-5-3-10(13)4-6-11/h3-6H,2,7-8H2,1H3. The van der Waals surface area contributed by atoms with Crippen LogP contribution in [0.25, 0.3) is 0 Å². The highest BCUT2D eigenvalue weighted by molar-refractivity contribution is 8.38. The number of nitrogens with zero attached hydrogens (tertiary/aromatic N) is 2. The minimum Gasteiger partial charge on any atom is -0.494 e. The highest BCUT2D eigenvalue weighted by Crippen LogP contribution is 2.16. The van der Waals surface area contributed by atoms with Gasteiger partial charge in [-0.15, -0.1) is 11.8 Å². The van der Waals surface area contributed by atoms with Gasteiger partial charge in [0.25, 0.3) is 0 Å². The molecule has 3 nitrogen and oxygen atoms in total. The van der Waals surface area contributed by atoms with Crippen LogP contribution in [0.2, 0.25) is 0 Å². The molecule has 0 bridgehead atoms. The molecule has 0 aliphatic heterocycles. The third-order valence-electron chi connectivity index (χ3n) is 1.91. The van der Waals surface area contributed by atoms with E-state index in [9.17, 15) is 4.39 Å². The Morgan fingerprint density at radius 2 is 2.17 bits per heavy atom. The second-order valence-electron chi connectivity index (χ2n) is 3.19. The van der Waals surface area contributed by atoms with E-state index in [1.165, 1.54) is 35.7 Å². The van der Waals surface area contributed by atoms with Crippen molar-refractivity contribution < 1.29 is 9.13 Å². The van der Waals surface area contributed by atoms with E-state index in [2.05, 4.69) is 4.99 Å². The van der Waals surface area contributed by atoms with E-state index < -0.39 is 0 Å². The molecule has 96 valence electrons. The average Bonchev–Trinajstić information content (AvgIpc) is 2.39. The van der Waals surface area contributed by atoms with Crippen molar-refractivity contribution in [3.63, 3.8) is 0 Å². The first-order valence-electron chi connectivity index (χ1n) is 5.28. The van der Waals surface area contributed by atoms with Crippen molar-refractivity contribution in [2.75, 3.05) is 18.6 Å². The van der Waals surface area contributed by atoms with Crippen molar-refractivity contribution in [3.05, 3.63) is 30.1 Å². The summed E-state index contributed by atoms with van der Waals surface area (Å²) in [6.45, 7) is 0.562. The summed E-state index contributed by atoms with van der Waals surface area (Å²) in [5.74, 6) is 1.23. The molecule has 0 saturated carbocycles. The minimum atomic E-state index is -0.268. The van der Waals surface area contributed by atoms with E-state index in [0.29, 0.717) is 12.4 Å². The predicted octanol–water partition coefficient (Wildman–Crippen LogP) is 3.53. The second-order valence-corrected chi connectivity index (χ2v) is 5.32. The number of nitriles is 1. The first kappa shape index (κ1) is 14.9. The predicted molar refractivity (Wildman–Crippen MR) is 75.5 cm³/mol. The van der Waals surface area contributed by atoms with Gasteiger partial charge >= 0.3 is 0 Å². The number of hydrogen-bond donors (Lipinski definition) is 0. The van der Waals surface area contributed by atoms with Crippen molar-refractivity contribution in [2.45, 2.75) is 6.42 Å². The summed E-state index contributed by atoms with van der Waals surface area (Å²) < 4.78 is 18.8. The molecule has 0 saturated heterocycles. The van der Waals surface area contributed by atoms with E-state index in [1.807, 2.05) is 6.26 Å². The molecule has 0 fully saturated rings. The zero-order valence-corrected chi connectivity index (χ0v) is 11.6. The lowest BCUT2D eigenvalue weighted by Crippen LogP contribution is -1.99. The maximum Gasteiger partial charge on any atom is 0.207 e. The summed E-state index contributed by atoms with van der Waals surface area (Å²) in [4.78, 5) is 3.67. The van der Waals surface area contributed by atoms with Gasteiger partial charge in [0.05, 0.1) is 6.61 Å². The summed E-state index contributed by atoms with van der Waals surface area (Å²) in [6, 6.07) is 5.95. The van der Waals surface area contributed by atoms with Gasteiger partial charge in [-0.1, -0.05) is 11.8 Å². The Morgan fingerprint density at radius 3 is 2.78 bits per heavy atom. The maximum atomic E-state index is 12.6. The number of hydrogen-bond acceptors (Lipinski definition) is 5. The highest BCUT2D eigenvalue weighted by atomic mass is 32.2. The van der Waals surface area contributed by atoms with E-state index >= 15 is 0 Å². The third kappa shape index (κ3) is 5.94. The zero-order valence-electron chi connectivity index (χ0n) is 9.93. The number of aliphatic imine (C=N–C) groups is 1. The molecule has 0 spiro atoms. The molecule has 0 aromatic heterocycles. The molecule has 18 heavy (non-hydrogen) atoms. The number of rotatable bonds is 5. The summed E-state index contributed by atoms with van der Waals surface area (Å²) in [5, 5.41) is 8.42. The van der Waals surface area contributed by atoms with Gasteiger partial charge in [-0.2, -0.15) is 10.3 Å². The van der Waals surface area contributed by atoms with Gasteiger partial charge in [0.15, 0.2) is 0 Å². The Morgan fingerprint density at radius 1 is 1.44 bits per heavy atom. The van der Waals surface area contributed by atoms with Crippen LogP contribution in [-0.4, -0.2) is 23.0 Å². The van der Waals surface area contributed by atoms with Crippen molar-refractivity contribution in [1.29, 1.82) is 5.26 Å². The highest BCUT2D eigenvalue weighted by Gasteiger charge is 1.99. The number of thioether (sulfide) groups is 2. The Labute approximate surface area is 114 Å². The molecule has 0 amide bonds. The fourth-order valence-electron chi connectivity index (χ4n) is 1.12. The van der Waals surface area contributed by atoms with Crippen LogP contribution in [0.1, 0.15) is 6.42 Å². The molecule has 6 heteroatoms. The van der Waals surface area contributed by atoms with Crippen LogP contribution in [0.3, 0.4) is 0 Å². The van der Waals surface area contributed by atoms with E-state index in [4.69, 9.17) is 10.00 Å². The van der Waals surface area contributed by atoms with Crippen LogP contribution in [0, 0.1) is 17.3 Å². The molecule has 0 aliphatic carbocycles. The van der Waals surface area contributed by atoms with Crippen LogP contribution < -0.4 is 4.74 Å². The maximum absolute atomic E-state index is 12.6.